The third-order valence-electron chi connectivity index (χ3n) is 6.91. The molecule has 2 aromatic carbocycles. The molecule has 0 aliphatic carbocycles. The van der Waals surface area contributed by atoms with E-state index in [2.05, 4.69) is 17.2 Å². The van der Waals surface area contributed by atoms with E-state index < -0.39 is 5.72 Å². The number of aromatic nitrogens is 1. The highest BCUT2D eigenvalue weighted by Crippen LogP contribution is 2.46. The van der Waals surface area contributed by atoms with Crippen LogP contribution >= 0.6 is 23.2 Å². The molecule has 3 amide bonds. The minimum Gasteiger partial charge on any atom is -0.350 e. The maximum absolute atomic E-state index is 13.9. The van der Waals surface area contributed by atoms with E-state index in [0.717, 1.165) is 16.7 Å². The van der Waals surface area contributed by atoms with Gasteiger partial charge in [0.25, 0.3) is 5.91 Å². The van der Waals surface area contributed by atoms with E-state index in [1.54, 1.807) is 47.4 Å². The van der Waals surface area contributed by atoms with E-state index in [4.69, 9.17) is 27.9 Å². The largest absolute Gasteiger partial charge is 0.350 e. The van der Waals surface area contributed by atoms with Crippen molar-refractivity contribution in [2.75, 3.05) is 26.7 Å². The first-order valence-corrected chi connectivity index (χ1v) is 12.5. The lowest BCUT2D eigenvalue weighted by atomic mass is 9.90. The highest BCUT2D eigenvalue weighted by molar-refractivity contribution is 6.30. The molecule has 0 saturated carbocycles. The van der Waals surface area contributed by atoms with Gasteiger partial charge in [-0.2, -0.15) is 0 Å². The quantitative estimate of drug-likeness (QED) is 0.470. The molecular formula is C27H26Cl2N4O3. The fourth-order valence-corrected chi connectivity index (χ4v) is 5.30. The Hall–Kier alpha value is -3.13. The van der Waals surface area contributed by atoms with Crippen LogP contribution in [0, 0.1) is 0 Å². The van der Waals surface area contributed by atoms with Crippen LogP contribution in [0.25, 0.3) is 0 Å². The molecule has 2 aliphatic rings. The fourth-order valence-electron chi connectivity index (χ4n) is 5.07. The van der Waals surface area contributed by atoms with Gasteiger partial charge in [0.15, 0.2) is 5.72 Å². The maximum Gasteiger partial charge on any atom is 0.317 e. The number of urea groups is 1. The number of nitrogens with zero attached hydrogens (tertiary/aromatic N) is 3. The third-order valence-corrected chi connectivity index (χ3v) is 7.39. The SMILES string of the molecule is COC1(c2ccc(Cl)cc2)c2ccc(C(C)CN3CCNC3=O)cc2C(=O)N1Cc1ccc(Cl)cn1. The fraction of sp³-hybridized carbons (Fsp3) is 0.296. The number of methoxy groups -OCH3 is 1. The Labute approximate surface area is 220 Å². The van der Waals surface area contributed by atoms with Gasteiger partial charge in [0.05, 0.1) is 17.3 Å². The molecule has 9 heteroatoms. The van der Waals surface area contributed by atoms with E-state index in [1.807, 2.05) is 30.3 Å². The van der Waals surface area contributed by atoms with Crippen LogP contribution < -0.4 is 5.32 Å². The van der Waals surface area contributed by atoms with Crippen LogP contribution in [0.5, 0.6) is 0 Å². The maximum atomic E-state index is 13.9. The molecule has 5 rings (SSSR count). The molecule has 2 aliphatic heterocycles. The number of fused-ring (bicyclic) bond motifs is 1. The van der Waals surface area contributed by atoms with Gasteiger partial charge in [-0.15, -0.1) is 0 Å². The summed E-state index contributed by atoms with van der Waals surface area (Å²) < 4.78 is 6.20. The van der Waals surface area contributed by atoms with Crippen molar-refractivity contribution in [1.29, 1.82) is 0 Å². The van der Waals surface area contributed by atoms with Crippen molar-refractivity contribution >= 4 is 35.1 Å². The molecule has 3 heterocycles. The Balaban J connectivity index is 1.57. The average molecular weight is 525 g/mol. The summed E-state index contributed by atoms with van der Waals surface area (Å²) in [6.45, 7) is 4.19. The summed E-state index contributed by atoms with van der Waals surface area (Å²) in [6, 6.07) is 16.7. The lowest BCUT2D eigenvalue weighted by Crippen LogP contribution is -2.45. The number of amides is 3. The smallest absolute Gasteiger partial charge is 0.317 e. The Morgan fingerprint density at radius 3 is 2.47 bits per heavy atom. The van der Waals surface area contributed by atoms with E-state index in [0.29, 0.717) is 40.9 Å². The van der Waals surface area contributed by atoms with Gasteiger partial charge in [-0.25, -0.2) is 4.79 Å². The molecule has 1 N–H and O–H groups in total. The van der Waals surface area contributed by atoms with Gasteiger partial charge in [0, 0.05) is 54.7 Å². The number of rotatable bonds is 7. The summed E-state index contributed by atoms with van der Waals surface area (Å²) in [5.74, 6) is -0.113. The van der Waals surface area contributed by atoms with Crippen LogP contribution in [0.1, 0.15) is 45.6 Å². The molecule has 1 aromatic heterocycles. The molecule has 3 aromatic rings. The molecule has 7 nitrogen and oxygen atoms in total. The van der Waals surface area contributed by atoms with Crippen LogP contribution in [0.3, 0.4) is 0 Å². The molecular weight excluding hydrogens is 499 g/mol. The first-order chi connectivity index (χ1) is 17.3. The number of hydrogen-bond donors (Lipinski definition) is 1. The summed E-state index contributed by atoms with van der Waals surface area (Å²) in [4.78, 5) is 33.9. The Bertz CT molecular complexity index is 1300. The van der Waals surface area contributed by atoms with Crippen LogP contribution in [-0.2, 0) is 17.0 Å². The zero-order valence-electron chi connectivity index (χ0n) is 20.0. The predicted molar refractivity (Wildman–Crippen MR) is 138 cm³/mol. The number of carbonyl (C=O) groups excluding carboxylic acids is 2. The second kappa shape index (κ2) is 9.73. The number of pyridine rings is 1. The van der Waals surface area contributed by atoms with E-state index in [9.17, 15) is 9.59 Å². The number of halogens is 2. The number of benzene rings is 2. The monoisotopic (exact) mass is 524 g/mol. The molecule has 1 saturated heterocycles. The molecule has 36 heavy (non-hydrogen) atoms. The van der Waals surface area contributed by atoms with Crippen molar-refractivity contribution in [2.24, 2.45) is 0 Å². The van der Waals surface area contributed by atoms with Crippen LogP contribution in [0.15, 0.2) is 60.8 Å². The summed E-state index contributed by atoms with van der Waals surface area (Å²) in [5.41, 5.74) is 2.61. The number of nitrogens with one attached hydrogen (secondary N) is 1. The van der Waals surface area contributed by atoms with Crippen LogP contribution in [0.4, 0.5) is 4.79 Å². The topological polar surface area (TPSA) is 74.8 Å². The van der Waals surface area contributed by atoms with Crippen molar-refractivity contribution in [3.05, 3.63) is 98.8 Å². The van der Waals surface area contributed by atoms with E-state index in [-0.39, 0.29) is 24.4 Å². The Kier molecular flexibility index (Phi) is 6.64. The summed E-state index contributed by atoms with van der Waals surface area (Å²) in [7, 11) is 1.60. The van der Waals surface area contributed by atoms with E-state index in [1.165, 1.54) is 0 Å². The summed E-state index contributed by atoms with van der Waals surface area (Å²) in [6.07, 6.45) is 1.57. The average Bonchev–Trinajstić information content (AvgIpc) is 3.39. The Morgan fingerprint density at radius 1 is 1.08 bits per heavy atom. The highest BCUT2D eigenvalue weighted by Gasteiger charge is 2.52. The van der Waals surface area contributed by atoms with Crippen LogP contribution in [0.2, 0.25) is 10.0 Å². The lowest BCUT2D eigenvalue weighted by Gasteiger charge is -2.38. The second-order valence-electron chi connectivity index (χ2n) is 9.10. The normalized spacial score (nSPS) is 20.0. The van der Waals surface area contributed by atoms with Crippen molar-refractivity contribution in [2.45, 2.75) is 25.1 Å². The lowest BCUT2D eigenvalue weighted by molar-refractivity contribution is -0.0868. The number of carbonyl (C=O) groups is 2. The van der Waals surface area contributed by atoms with Gasteiger partial charge in [-0.05, 0) is 41.8 Å². The zero-order chi connectivity index (χ0) is 25.4. The standard InChI is InChI=1S/C27H26Cl2N4O3/c1-17(15-32-12-11-30-26(32)35)18-3-10-24-23(13-18)25(34)33(16-22-9-8-21(29)14-31-22)27(24,36-2)19-4-6-20(28)7-5-19/h3-10,13-14,17H,11-12,15-16H2,1-2H3,(H,30,35). The first kappa shape index (κ1) is 24.6. The van der Waals surface area contributed by atoms with Crippen molar-refractivity contribution < 1.29 is 14.3 Å². The number of ether oxygens (including phenoxy) is 1. The van der Waals surface area contributed by atoms with Gasteiger partial charge < -0.3 is 15.0 Å². The highest BCUT2D eigenvalue weighted by atomic mass is 35.5. The number of hydrogen-bond acceptors (Lipinski definition) is 4. The molecule has 1 fully saturated rings. The predicted octanol–water partition coefficient (Wildman–Crippen LogP) is 5.02. The first-order valence-electron chi connectivity index (χ1n) is 11.7. The molecule has 2 unspecified atom stereocenters. The zero-order valence-corrected chi connectivity index (χ0v) is 21.5. The third kappa shape index (κ3) is 4.21. The minimum absolute atomic E-state index is 0.0476. The van der Waals surface area contributed by atoms with Gasteiger partial charge in [-0.1, -0.05) is 54.4 Å². The molecule has 0 radical (unpaired) electrons. The van der Waals surface area contributed by atoms with Gasteiger partial charge in [0.2, 0.25) is 0 Å². The van der Waals surface area contributed by atoms with Crippen LogP contribution in [-0.4, -0.2) is 53.5 Å². The van der Waals surface area contributed by atoms with Gasteiger partial charge in [0.1, 0.15) is 0 Å². The Morgan fingerprint density at radius 2 is 1.83 bits per heavy atom. The minimum atomic E-state index is -1.16. The van der Waals surface area contributed by atoms with Gasteiger partial charge >= 0.3 is 6.03 Å². The molecule has 186 valence electrons. The van der Waals surface area contributed by atoms with Crippen molar-refractivity contribution in [3.63, 3.8) is 0 Å². The summed E-state index contributed by atoms with van der Waals surface area (Å²) in [5, 5.41) is 3.95. The molecule has 0 bridgehead atoms. The van der Waals surface area contributed by atoms with E-state index >= 15 is 0 Å². The van der Waals surface area contributed by atoms with Crippen molar-refractivity contribution in [1.82, 2.24) is 20.1 Å². The van der Waals surface area contributed by atoms with Gasteiger partial charge in [-0.3, -0.25) is 14.7 Å². The molecule has 0 spiro atoms. The summed E-state index contributed by atoms with van der Waals surface area (Å²) >= 11 is 12.2. The van der Waals surface area contributed by atoms with Crippen molar-refractivity contribution in [3.8, 4) is 0 Å². The second-order valence-corrected chi connectivity index (χ2v) is 9.97. The molecule has 2 atom stereocenters.